The minimum Gasteiger partial charge on any atom is -0.261 e. The fourth-order valence-electron chi connectivity index (χ4n) is 3.62. The van der Waals surface area contributed by atoms with Crippen molar-refractivity contribution >= 4 is 50.3 Å². The number of fused-ring (bicyclic) bond motifs is 1. The number of nitro groups is 2. The van der Waals surface area contributed by atoms with Crippen molar-refractivity contribution in [2.75, 3.05) is 10.8 Å². The lowest BCUT2D eigenvalue weighted by Crippen LogP contribution is -2.29. The summed E-state index contributed by atoms with van der Waals surface area (Å²) in [5.41, 5.74) is 0.629. The summed E-state index contributed by atoms with van der Waals surface area (Å²) in [5.74, 6) is 0. The lowest BCUT2D eigenvalue weighted by atomic mass is 10.0. The molecular weight excluding hydrogens is 470 g/mol. The predicted molar refractivity (Wildman–Crippen MR) is 125 cm³/mol. The summed E-state index contributed by atoms with van der Waals surface area (Å²) in [6.07, 6.45) is 1.61. The van der Waals surface area contributed by atoms with Crippen molar-refractivity contribution in [3.63, 3.8) is 0 Å². The number of aryl methyl sites for hydroxylation is 1. The van der Waals surface area contributed by atoms with E-state index in [-0.39, 0.29) is 22.7 Å². The van der Waals surface area contributed by atoms with Crippen molar-refractivity contribution in [2.24, 2.45) is 0 Å². The molecule has 1 heterocycles. The zero-order chi connectivity index (χ0) is 23.9. The number of sulfonamides is 1. The number of benzene rings is 3. The van der Waals surface area contributed by atoms with E-state index in [1.54, 1.807) is 49.4 Å². The summed E-state index contributed by atoms with van der Waals surface area (Å²) in [4.78, 5) is 21.7. The number of hydrogen-bond donors (Lipinski definition) is 0. The first-order valence-electron chi connectivity index (χ1n) is 9.60. The van der Waals surface area contributed by atoms with Gasteiger partial charge < -0.3 is 0 Å². The van der Waals surface area contributed by atoms with Gasteiger partial charge in [-0.1, -0.05) is 41.4 Å². The van der Waals surface area contributed by atoms with E-state index in [0.29, 0.717) is 16.2 Å². The standard InChI is InChI=1S/C22H16ClN3O6S/c1-14-2-8-19(9-3-14)33(31,32)24-13-16(10-15-4-6-17(23)7-5-15)22-20(24)11-18(25(27)28)12-21(22)26(29)30/h2-12H,13H2,1H3/b16-10+. The molecule has 1 aliphatic rings. The lowest BCUT2D eigenvalue weighted by Gasteiger charge is -2.19. The van der Waals surface area contributed by atoms with Crippen LogP contribution in [0, 0.1) is 27.2 Å². The second-order valence-corrected chi connectivity index (χ2v) is 9.72. The van der Waals surface area contributed by atoms with Crippen LogP contribution in [-0.2, 0) is 10.0 Å². The molecule has 0 unspecified atom stereocenters. The largest absolute Gasteiger partial charge is 0.285 e. The molecule has 0 radical (unpaired) electrons. The van der Waals surface area contributed by atoms with Crippen LogP contribution in [0.3, 0.4) is 0 Å². The molecule has 11 heteroatoms. The van der Waals surface area contributed by atoms with E-state index in [1.807, 2.05) is 0 Å². The zero-order valence-corrected chi connectivity index (χ0v) is 18.7. The third-order valence-electron chi connectivity index (χ3n) is 5.21. The van der Waals surface area contributed by atoms with Crippen LogP contribution in [-0.4, -0.2) is 24.8 Å². The third kappa shape index (κ3) is 4.18. The van der Waals surface area contributed by atoms with Crippen LogP contribution in [0.4, 0.5) is 17.1 Å². The number of hydrogen-bond acceptors (Lipinski definition) is 6. The van der Waals surface area contributed by atoms with Gasteiger partial charge in [0.25, 0.3) is 21.4 Å². The Hall–Kier alpha value is -3.76. The molecule has 33 heavy (non-hydrogen) atoms. The van der Waals surface area contributed by atoms with Gasteiger partial charge in [0.1, 0.15) is 0 Å². The van der Waals surface area contributed by atoms with Gasteiger partial charge in [0, 0.05) is 11.1 Å². The number of non-ortho nitro benzene ring substituents is 1. The minimum absolute atomic E-state index is 0.0243. The van der Waals surface area contributed by atoms with Crippen molar-refractivity contribution < 1.29 is 18.3 Å². The Morgan fingerprint density at radius 1 is 0.970 bits per heavy atom. The van der Waals surface area contributed by atoms with Crippen LogP contribution in [0.5, 0.6) is 0 Å². The molecule has 168 valence electrons. The summed E-state index contributed by atoms with van der Waals surface area (Å²) in [7, 11) is -4.16. The van der Waals surface area contributed by atoms with Gasteiger partial charge in [-0.3, -0.25) is 24.5 Å². The average Bonchev–Trinajstić information content (AvgIpc) is 3.14. The average molecular weight is 486 g/mol. The maximum Gasteiger partial charge on any atom is 0.285 e. The van der Waals surface area contributed by atoms with Crippen molar-refractivity contribution in [2.45, 2.75) is 11.8 Å². The number of nitro benzene ring substituents is 2. The van der Waals surface area contributed by atoms with Crippen LogP contribution in [0.1, 0.15) is 16.7 Å². The highest BCUT2D eigenvalue weighted by molar-refractivity contribution is 7.92. The van der Waals surface area contributed by atoms with Gasteiger partial charge >= 0.3 is 0 Å². The molecule has 0 amide bonds. The molecule has 0 aliphatic carbocycles. The number of anilines is 1. The molecule has 3 aromatic rings. The molecule has 0 fully saturated rings. The van der Waals surface area contributed by atoms with E-state index in [4.69, 9.17) is 11.6 Å². The summed E-state index contributed by atoms with van der Waals surface area (Å²) < 4.78 is 27.9. The molecule has 0 bridgehead atoms. The maximum absolute atomic E-state index is 13.5. The first-order chi connectivity index (χ1) is 15.6. The summed E-state index contributed by atoms with van der Waals surface area (Å²) in [5, 5.41) is 23.7. The monoisotopic (exact) mass is 485 g/mol. The molecule has 0 spiro atoms. The molecule has 3 aromatic carbocycles. The van der Waals surface area contributed by atoms with Gasteiger partial charge in [0.2, 0.25) is 0 Å². The van der Waals surface area contributed by atoms with Crippen molar-refractivity contribution in [1.29, 1.82) is 0 Å². The molecule has 0 aromatic heterocycles. The second kappa shape index (κ2) is 8.30. The molecule has 1 aliphatic heterocycles. The van der Waals surface area contributed by atoms with E-state index >= 15 is 0 Å². The van der Waals surface area contributed by atoms with Crippen molar-refractivity contribution in [3.8, 4) is 0 Å². The summed E-state index contributed by atoms with van der Waals surface area (Å²) in [6, 6.07) is 14.6. The minimum atomic E-state index is -4.16. The highest BCUT2D eigenvalue weighted by atomic mass is 35.5. The van der Waals surface area contributed by atoms with Crippen LogP contribution in [0.25, 0.3) is 11.6 Å². The molecule has 0 saturated heterocycles. The van der Waals surface area contributed by atoms with E-state index in [1.165, 1.54) is 12.1 Å². The van der Waals surface area contributed by atoms with Gasteiger partial charge in [0.05, 0.1) is 38.6 Å². The van der Waals surface area contributed by atoms with Crippen LogP contribution >= 0.6 is 11.6 Å². The van der Waals surface area contributed by atoms with E-state index in [0.717, 1.165) is 22.0 Å². The Morgan fingerprint density at radius 2 is 1.61 bits per heavy atom. The first kappa shape index (κ1) is 22.4. The summed E-state index contributed by atoms with van der Waals surface area (Å²) in [6.45, 7) is 1.58. The highest BCUT2D eigenvalue weighted by Crippen LogP contribution is 2.47. The normalized spacial score (nSPS) is 14.4. The van der Waals surface area contributed by atoms with Crippen LogP contribution in [0.15, 0.2) is 65.6 Å². The van der Waals surface area contributed by atoms with E-state index in [9.17, 15) is 28.6 Å². The highest BCUT2D eigenvalue weighted by Gasteiger charge is 2.40. The smallest absolute Gasteiger partial charge is 0.261 e. The van der Waals surface area contributed by atoms with Gasteiger partial charge in [-0.25, -0.2) is 8.42 Å². The van der Waals surface area contributed by atoms with Crippen molar-refractivity contribution in [1.82, 2.24) is 0 Å². The number of rotatable bonds is 5. The van der Waals surface area contributed by atoms with Gasteiger partial charge in [0.15, 0.2) is 0 Å². The fraction of sp³-hybridized carbons (Fsp3) is 0.0909. The van der Waals surface area contributed by atoms with E-state index in [2.05, 4.69) is 0 Å². The zero-order valence-electron chi connectivity index (χ0n) is 17.1. The SMILES string of the molecule is Cc1ccc(S(=O)(=O)N2C/C(=C\c3ccc(Cl)cc3)c3c2cc([N+](=O)[O-])cc3[N+](=O)[O-])cc1. The topological polar surface area (TPSA) is 124 Å². The Balaban J connectivity index is 1.97. The molecular formula is C22H16ClN3O6S. The Morgan fingerprint density at radius 3 is 2.18 bits per heavy atom. The lowest BCUT2D eigenvalue weighted by molar-refractivity contribution is -0.394. The first-order valence-corrected chi connectivity index (χ1v) is 11.4. The Labute approximate surface area is 193 Å². The second-order valence-electron chi connectivity index (χ2n) is 7.42. The number of halogens is 1. The molecule has 0 atom stereocenters. The van der Waals surface area contributed by atoms with Gasteiger partial charge in [-0.15, -0.1) is 0 Å². The summed E-state index contributed by atoms with van der Waals surface area (Å²) >= 11 is 5.92. The number of nitrogens with zero attached hydrogens (tertiary/aromatic N) is 3. The van der Waals surface area contributed by atoms with Gasteiger partial charge in [-0.05, 0) is 48.4 Å². The van der Waals surface area contributed by atoms with Crippen LogP contribution < -0.4 is 4.31 Å². The quantitative estimate of drug-likeness (QED) is 0.360. The molecule has 4 rings (SSSR count). The van der Waals surface area contributed by atoms with Crippen LogP contribution in [0.2, 0.25) is 5.02 Å². The Bertz CT molecular complexity index is 1420. The molecule has 9 nitrogen and oxygen atoms in total. The molecule has 0 N–H and O–H groups in total. The maximum atomic E-state index is 13.5. The van der Waals surface area contributed by atoms with Gasteiger partial charge in [-0.2, -0.15) is 0 Å². The fourth-order valence-corrected chi connectivity index (χ4v) is 5.19. The Kier molecular flexibility index (Phi) is 5.64. The predicted octanol–water partition coefficient (Wildman–Crippen LogP) is 5.21. The van der Waals surface area contributed by atoms with E-state index < -0.39 is 31.2 Å². The van der Waals surface area contributed by atoms with Crippen molar-refractivity contribution in [3.05, 3.63) is 103 Å². The molecule has 0 saturated carbocycles. The third-order valence-corrected chi connectivity index (χ3v) is 7.24.